The number of nitrogens with zero attached hydrogens (tertiary/aromatic N) is 1. The highest BCUT2D eigenvalue weighted by Crippen LogP contribution is 2.17. The summed E-state index contributed by atoms with van der Waals surface area (Å²) in [5, 5.41) is 9.10. The SMILES string of the molecule is CC(C)Cc1ccc(C(=O)CN2CCCC(C(=O)O)C2)cc1. The Bertz CT molecular complexity index is 522. The number of aliphatic carboxylic acids is 1. The summed E-state index contributed by atoms with van der Waals surface area (Å²) in [6, 6.07) is 7.81. The van der Waals surface area contributed by atoms with E-state index >= 15 is 0 Å². The van der Waals surface area contributed by atoms with Crippen LogP contribution < -0.4 is 0 Å². The van der Waals surface area contributed by atoms with Crippen LogP contribution in [0, 0.1) is 11.8 Å². The zero-order valence-electron chi connectivity index (χ0n) is 13.4. The van der Waals surface area contributed by atoms with E-state index in [1.807, 2.05) is 29.2 Å². The molecule has 0 aliphatic carbocycles. The molecule has 4 heteroatoms. The van der Waals surface area contributed by atoms with Gasteiger partial charge < -0.3 is 5.11 Å². The van der Waals surface area contributed by atoms with Gasteiger partial charge in [0.2, 0.25) is 0 Å². The number of carboxylic acids is 1. The van der Waals surface area contributed by atoms with Crippen molar-refractivity contribution in [3.8, 4) is 0 Å². The summed E-state index contributed by atoms with van der Waals surface area (Å²) < 4.78 is 0. The molecule has 2 rings (SSSR count). The van der Waals surface area contributed by atoms with Gasteiger partial charge in [0.15, 0.2) is 5.78 Å². The average Bonchev–Trinajstić information content (AvgIpc) is 2.47. The van der Waals surface area contributed by atoms with Crippen LogP contribution in [0.15, 0.2) is 24.3 Å². The summed E-state index contributed by atoms with van der Waals surface area (Å²) in [4.78, 5) is 25.4. The van der Waals surface area contributed by atoms with Crippen LogP contribution >= 0.6 is 0 Å². The molecule has 0 amide bonds. The fourth-order valence-corrected chi connectivity index (χ4v) is 2.99. The Morgan fingerprint density at radius 1 is 1.27 bits per heavy atom. The van der Waals surface area contributed by atoms with E-state index in [2.05, 4.69) is 13.8 Å². The van der Waals surface area contributed by atoms with E-state index in [0.717, 1.165) is 19.4 Å². The second-order valence-corrected chi connectivity index (χ2v) is 6.63. The minimum atomic E-state index is -0.754. The van der Waals surface area contributed by atoms with E-state index < -0.39 is 5.97 Å². The summed E-state index contributed by atoms with van der Waals surface area (Å²) in [6.07, 6.45) is 2.57. The number of carbonyl (C=O) groups is 2. The Hall–Kier alpha value is -1.68. The number of benzene rings is 1. The van der Waals surface area contributed by atoms with E-state index in [1.165, 1.54) is 5.56 Å². The summed E-state index contributed by atoms with van der Waals surface area (Å²) >= 11 is 0. The third kappa shape index (κ3) is 4.67. The number of carboxylic acid groups (broad SMARTS) is 1. The summed E-state index contributed by atoms with van der Waals surface area (Å²) in [5.74, 6) is -0.421. The van der Waals surface area contributed by atoms with Crippen molar-refractivity contribution >= 4 is 11.8 Å². The summed E-state index contributed by atoms with van der Waals surface area (Å²) in [6.45, 7) is 5.95. The third-order valence-corrected chi connectivity index (χ3v) is 4.14. The van der Waals surface area contributed by atoms with E-state index in [0.29, 0.717) is 31.0 Å². The van der Waals surface area contributed by atoms with Crippen molar-refractivity contribution in [2.45, 2.75) is 33.1 Å². The second kappa shape index (κ2) is 7.54. The predicted octanol–water partition coefficient (Wildman–Crippen LogP) is 2.86. The van der Waals surface area contributed by atoms with Crippen LogP contribution in [0.5, 0.6) is 0 Å². The zero-order chi connectivity index (χ0) is 16.1. The Labute approximate surface area is 132 Å². The molecule has 22 heavy (non-hydrogen) atoms. The number of carbonyl (C=O) groups excluding carboxylic acids is 1. The number of ketones is 1. The standard InChI is InChI=1S/C18H25NO3/c1-13(2)10-14-5-7-15(8-6-14)17(20)12-19-9-3-4-16(11-19)18(21)22/h5-8,13,16H,3-4,9-12H2,1-2H3,(H,21,22). The quantitative estimate of drug-likeness (QED) is 0.821. The van der Waals surface area contributed by atoms with Gasteiger partial charge in [0.25, 0.3) is 0 Å². The van der Waals surface area contributed by atoms with Crippen LogP contribution in [0.1, 0.15) is 42.6 Å². The molecular formula is C18H25NO3. The van der Waals surface area contributed by atoms with Crippen molar-refractivity contribution in [2.75, 3.05) is 19.6 Å². The van der Waals surface area contributed by atoms with Gasteiger partial charge in [-0.05, 0) is 37.3 Å². The molecule has 1 heterocycles. The molecule has 1 fully saturated rings. The number of likely N-dealkylation sites (tertiary alicyclic amines) is 1. The first-order chi connectivity index (χ1) is 10.5. The van der Waals surface area contributed by atoms with Gasteiger partial charge in [0.05, 0.1) is 12.5 Å². The molecule has 1 aliphatic heterocycles. The molecule has 0 saturated carbocycles. The normalized spacial score (nSPS) is 19.3. The minimum absolute atomic E-state index is 0.0714. The first-order valence-corrected chi connectivity index (χ1v) is 8.03. The first kappa shape index (κ1) is 16.7. The van der Waals surface area contributed by atoms with E-state index in [9.17, 15) is 9.59 Å². The Morgan fingerprint density at radius 3 is 2.55 bits per heavy atom. The Morgan fingerprint density at radius 2 is 1.95 bits per heavy atom. The lowest BCUT2D eigenvalue weighted by Gasteiger charge is -2.29. The van der Waals surface area contributed by atoms with Gasteiger partial charge in [-0.15, -0.1) is 0 Å². The van der Waals surface area contributed by atoms with Crippen LogP contribution in [0.25, 0.3) is 0 Å². The molecule has 1 aliphatic rings. The smallest absolute Gasteiger partial charge is 0.307 e. The first-order valence-electron chi connectivity index (χ1n) is 8.03. The molecule has 4 nitrogen and oxygen atoms in total. The maximum absolute atomic E-state index is 12.3. The monoisotopic (exact) mass is 303 g/mol. The molecule has 0 bridgehead atoms. The molecule has 1 unspecified atom stereocenters. The van der Waals surface area contributed by atoms with Gasteiger partial charge >= 0.3 is 5.97 Å². The topological polar surface area (TPSA) is 57.6 Å². The molecule has 1 aromatic carbocycles. The van der Waals surface area contributed by atoms with Crippen LogP contribution in [0.4, 0.5) is 0 Å². The second-order valence-electron chi connectivity index (χ2n) is 6.63. The van der Waals surface area contributed by atoms with Crippen LogP contribution in [0.2, 0.25) is 0 Å². The van der Waals surface area contributed by atoms with Crippen molar-refractivity contribution in [3.63, 3.8) is 0 Å². The average molecular weight is 303 g/mol. The number of hydrogen-bond donors (Lipinski definition) is 1. The highest BCUT2D eigenvalue weighted by molar-refractivity contribution is 5.97. The van der Waals surface area contributed by atoms with E-state index in [-0.39, 0.29) is 11.7 Å². The van der Waals surface area contributed by atoms with Crippen molar-refractivity contribution < 1.29 is 14.7 Å². The van der Waals surface area contributed by atoms with Crippen LogP contribution in [-0.2, 0) is 11.2 Å². The molecule has 1 aromatic rings. The van der Waals surface area contributed by atoms with E-state index in [4.69, 9.17) is 5.11 Å². The number of piperidine rings is 1. The van der Waals surface area contributed by atoms with Gasteiger partial charge in [0, 0.05) is 12.1 Å². The van der Waals surface area contributed by atoms with Crippen molar-refractivity contribution in [1.82, 2.24) is 4.90 Å². The lowest BCUT2D eigenvalue weighted by molar-refractivity contribution is -0.143. The fourth-order valence-electron chi connectivity index (χ4n) is 2.99. The van der Waals surface area contributed by atoms with Crippen LogP contribution in [0.3, 0.4) is 0 Å². The molecule has 0 aromatic heterocycles. The van der Waals surface area contributed by atoms with Crippen molar-refractivity contribution in [2.24, 2.45) is 11.8 Å². The number of hydrogen-bond acceptors (Lipinski definition) is 3. The van der Waals surface area contributed by atoms with Gasteiger partial charge in [0.1, 0.15) is 0 Å². The Balaban J connectivity index is 1.92. The molecule has 1 N–H and O–H groups in total. The highest BCUT2D eigenvalue weighted by atomic mass is 16.4. The predicted molar refractivity (Wildman–Crippen MR) is 86.1 cm³/mol. The molecule has 0 radical (unpaired) electrons. The van der Waals surface area contributed by atoms with Gasteiger partial charge in [-0.3, -0.25) is 14.5 Å². The van der Waals surface area contributed by atoms with Crippen LogP contribution in [-0.4, -0.2) is 41.4 Å². The third-order valence-electron chi connectivity index (χ3n) is 4.14. The minimum Gasteiger partial charge on any atom is -0.481 e. The van der Waals surface area contributed by atoms with Crippen molar-refractivity contribution in [1.29, 1.82) is 0 Å². The molecule has 1 saturated heterocycles. The fraction of sp³-hybridized carbons (Fsp3) is 0.556. The Kier molecular flexibility index (Phi) is 5.72. The van der Waals surface area contributed by atoms with Gasteiger partial charge in [-0.1, -0.05) is 38.1 Å². The van der Waals surface area contributed by atoms with E-state index in [1.54, 1.807) is 0 Å². The van der Waals surface area contributed by atoms with Gasteiger partial charge in [-0.2, -0.15) is 0 Å². The molecule has 120 valence electrons. The maximum Gasteiger partial charge on any atom is 0.307 e. The number of rotatable bonds is 6. The highest BCUT2D eigenvalue weighted by Gasteiger charge is 2.26. The number of Topliss-reactive ketones (excluding diaryl/α,β-unsaturated/α-hetero) is 1. The lowest BCUT2D eigenvalue weighted by atomic mass is 9.97. The largest absolute Gasteiger partial charge is 0.481 e. The maximum atomic E-state index is 12.3. The molecular weight excluding hydrogens is 278 g/mol. The molecule has 0 spiro atoms. The van der Waals surface area contributed by atoms with Crippen molar-refractivity contribution in [3.05, 3.63) is 35.4 Å². The summed E-state index contributed by atoms with van der Waals surface area (Å²) in [5.41, 5.74) is 1.96. The summed E-state index contributed by atoms with van der Waals surface area (Å²) in [7, 11) is 0. The lowest BCUT2D eigenvalue weighted by Crippen LogP contribution is -2.41. The van der Waals surface area contributed by atoms with Gasteiger partial charge in [-0.25, -0.2) is 0 Å². The zero-order valence-corrected chi connectivity index (χ0v) is 13.4. The molecule has 1 atom stereocenters.